The van der Waals surface area contributed by atoms with Crippen molar-refractivity contribution in [2.45, 2.75) is 25.9 Å². The smallest absolute Gasteiger partial charge is 0.170 e. The van der Waals surface area contributed by atoms with Crippen molar-refractivity contribution < 1.29 is 14.3 Å². The first-order valence-corrected chi connectivity index (χ1v) is 6.79. The van der Waals surface area contributed by atoms with Crippen LogP contribution in [0.4, 0.5) is 10.1 Å². The lowest BCUT2D eigenvalue weighted by Crippen LogP contribution is -2.37. The average molecular weight is 281 g/mol. The molecule has 1 fully saturated rings. The Hall–Kier alpha value is -1.82. The Morgan fingerprint density at radius 1 is 1.50 bits per heavy atom. The minimum Gasteiger partial charge on any atom is -0.409 e. The zero-order chi connectivity index (χ0) is 14.5. The van der Waals surface area contributed by atoms with Gasteiger partial charge in [-0.05, 0) is 38.0 Å². The van der Waals surface area contributed by atoms with Crippen molar-refractivity contribution in [1.29, 1.82) is 0 Å². The van der Waals surface area contributed by atoms with Crippen LogP contribution < -0.4 is 10.6 Å². The molecule has 1 aromatic rings. The highest BCUT2D eigenvalue weighted by Gasteiger charge is 2.21. The summed E-state index contributed by atoms with van der Waals surface area (Å²) in [6.07, 6.45) is 2.07. The molecule has 110 valence electrons. The van der Waals surface area contributed by atoms with Gasteiger partial charge >= 0.3 is 0 Å². The predicted octanol–water partition coefficient (Wildman–Crippen LogP) is 1.93. The molecule has 0 aromatic heterocycles. The summed E-state index contributed by atoms with van der Waals surface area (Å²) in [5.41, 5.74) is 6.37. The number of oxime groups is 1. The van der Waals surface area contributed by atoms with Gasteiger partial charge in [-0.25, -0.2) is 4.39 Å². The van der Waals surface area contributed by atoms with Crippen molar-refractivity contribution in [3.05, 3.63) is 29.6 Å². The van der Waals surface area contributed by atoms with Crippen molar-refractivity contribution >= 4 is 11.5 Å². The van der Waals surface area contributed by atoms with Crippen LogP contribution in [0.2, 0.25) is 0 Å². The zero-order valence-corrected chi connectivity index (χ0v) is 11.6. The first-order valence-electron chi connectivity index (χ1n) is 6.79. The molecule has 0 aliphatic carbocycles. The first-order chi connectivity index (χ1) is 9.65. The van der Waals surface area contributed by atoms with E-state index in [0.29, 0.717) is 17.9 Å². The summed E-state index contributed by atoms with van der Waals surface area (Å²) in [6.45, 7) is 4.24. The fourth-order valence-corrected chi connectivity index (χ4v) is 2.48. The summed E-state index contributed by atoms with van der Waals surface area (Å²) in [5.74, 6) is -0.450. The number of benzene rings is 1. The monoisotopic (exact) mass is 281 g/mol. The van der Waals surface area contributed by atoms with Crippen LogP contribution in [-0.2, 0) is 4.74 Å². The third kappa shape index (κ3) is 3.19. The second-order valence-electron chi connectivity index (χ2n) is 4.79. The molecule has 3 N–H and O–H groups in total. The molecule has 2 rings (SSSR count). The van der Waals surface area contributed by atoms with Crippen LogP contribution in [0.1, 0.15) is 25.3 Å². The van der Waals surface area contributed by atoms with E-state index in [2.05, 4.69) is 5.16 Å². The lowest BCUT2D eigenvalue weighted by Gasteiger charge is -2.33. The fraction of sp³-hybridized carbons (Fsp3) is 0.500. The van der Waals surface area contributed by atoms with Crippen molar-refractivity contribution in [2.75, 3.05) is 24.6 Å². The molecule has 5 nitrogen and oxygen atoms in total. The number of rotatable bonds is 4. The fourth-order valence-electron chi connectivity index (χ4n) is 2.48. The molecule has 20 heavy (non-hydrogen) atoms. The van der Waals surface area contributed by atoms with E-state index in [1.165, 1.54) is 6.07 Å². The predicted molar refractivity (Wildman–Crippen MR) is 75.8 cm³/mol. The third-order valence-electron chi connectivity index (χ3n) is 3.54. The number of halogens is 1. The topological polar surface area (TPSA) is 71.1 Å². The van der Waals surface area contributed by atoms with Gasteiger partial charge in [0.2, 0.25) is 0 Å². The lowest BCUT2D eigenvalue weighted by molar-refractivity contribution is 0.0458. The SMILES string of the molecule is CCOC1CCN(c2ccc(/C(N)=N/O)cc2F)CC1. The highest BCUT2D eigenvalue weighted by atomic mass is 19.1. The van der Waals surface area contributed by atoms with Gasteiger partial charge in [-0.1, -0.05) is 5.16 Å². The Morgan fingerprint density at radius 2 is 2.20 bits per heavy atom. The number of piperidine rings is 1. The summed E-state index contributed by atoms with van der Waals surface area (Å²) < 4.78 is 19.7. The summed E-state index contributed by atoms with van der Waals surface area (Å²) in [5, 5.41) is 11.5. The highest BCUT2D eigenvalue weighted by molar-refractivity contribution is 5.97. The van der Waals surface area contributed by atoms with E-state index in [-0.39, 0.29) is 17.8 Å². The molecule has 0 saturated carbocycles. The van der Waals surface area contributed by atoms with Crippen LogP contribution >= 0.6 is 0 Å². The quantitative estimate of drug-likeness (QED) is 0.383. The summed E-state index contributed by atoms with van der Waals surface area (Å²) in [4.78, 5) is 2.00. The van der Waals surface area contributed by atoms with E-state index in [0.717, 1.165) is 25.9 Å². The van der Waals surface area contributed by atoms with E-state index in [1.807, 2.05) is 11.8 Å². The number of nitrogens with zero attached hydrogens (tertiary/aromatic N) is 2. The lowest BCUT2D eigenvalue weighted by atomic mass is 10.1. The molecule has 1 aliphatic heterocycles. The maximum absolute atomic E-state index is 14.1. The summed E-state index contributed by atoms with van der Waals surface area (Å²) in [6, 6.07) is 4.62. The summed E-state index contributed by atoms with van der Waals surface area (Å²) >= 11 is 0. The second kappa shape index (κ2) is 6.56. The van der Waals surface area contributed by atoms with E-state index >= 15 is 0 Å². The Labute approximate surface area is 117 Å². The van der Waals surface area contributed by atoms with E-state index < -0.39 is 0 Å². The van der Waals surface area contributed by atoms with Gasteiger partial charge < -0.3 is 20.6 Å². The number of anilines is 1. The van der Waals surface area contributed by atoms with E-state index in [9.17, 15) is 4.39 Å². The molecule has 0 atom stereocenters. The second-order valence-corrected chi connectivity index (χ2v) is 4.79. The highest BCUT2D eigenvalue weighted by Crippen LogP contribution is 2.25. The molecule has 1 aromatic carbocycles. The Morgan fingerprint density at radius 3 is 2.75 bits per heavy atom. The largest absolute Gasteiger partial charge is 0.409 e. The Kier molecular flexibility index (Phi) is 4.79. The van der Waals surface area contributed by atoms with Crippen LogP contribution in [0.3, 0.4) is 0 Å². The van der Waals surface area contributed by atoms with Crippen molar-refractivity contribution in [1.82, 2.24) is 0 Å². The maximum atomic E-state index is 14.1. The molecule has 0 unspecified atom stereocenters. The van der Waals surface area contributed by atoms with Gasteiger partial charge in [0.25, 0.3) is 0 Å². The van der Waals surface area contributed by atoms with Crippen LogP contribution in [0.5, 0.6) is 0 Å². The zero-order valence-electron chi connectivity index (χ0n) is 11.6. The van der Waals surface area contributed by atoms with E-state index in [4.69, 9.17) is 15.7 Å². The number of hydrogen-bond donors (Lipinski definition) is 2. The Bertz CT molecular complexity index is 485. The van der Waals surface area contributed by atoms with Crippen LogP contribution in [0, 0.1) is 5.82 Å². The van der Waals surface area contributed by atoms with Gasteiger partial charge in [0.1, 0.15) is 5.82 Å². The van der Waals surface area contributed by atoms with Gasteiger partial charge in [0, 0.05) is 25.3 Å². The number of nitrogens with two attached hydrogens (primary N) is 1. The summed E-state index contributed by atoms with van der Waals surface area (Å²) in [7, 11) is 0. The molecule has 6 heteroatoms. The van der Waals surface area contributed by atoms with E-state index in [1.54, 1.807) is 12.1 Å². The van der Waals surface area contributed by atoms with Crippen LogP contribution in [0.15, 0.2) is 23.4 Å². The first kappa shape index (κ1) is 14.6. The average Bonchev–Trinajstić information content (AvgIpc) is 2.47. The minimum atomic E-state index is -0.357. The van der Waals surface area contributed by atoms with Crippen molar-refractivity contribution in [3.8, 4) is 0 Å². The van der Waals surface area contributed by atoms with Gasteiger partial charge in [0.15, 0.2) is 5.84 Å². The molecule has 0 radical (unpaired) electrons. The molecular weight excluding hydrogens is 261 g/mol. The standard InChI is InChI=1S/C14H20FN3O2/c1-2-20-11-5-7-18(8-6-11)13-4-3-10(9-12(13)15)14(16)17-19/h3-4,9,11,19H,2,5-8H2,1H3,(H2,16,17). The molecule has 1 heterocycles. The van der Waals surface area contributed by atoms with Crippen molar-refractivity contribution in [2.24, 2.45) is 10.9 Å². The number of ether oxygens (including phenoxy) is 1. The molecular formula is C14H20FN3O2. The number of amidine groups is 1. The Balaban J connectivity index is 2.07. The maximum Gasteiger partial charge on any atom is 0.170 e. The van der Waals surface area contributed by atoms with Gasteiger partial charge in [0.05, 0.1) is 11.8 Å². The van der Waals surface area contributed by atoms with Gasteiger partial charge in [-0.2, -0.15) is 0 Å². The van der Waals surface area contributed by atoms with Crippen LogP contribution in [-0.4, -0.2) is 36.8 Å². The molecule has 0 spiro atoms. The molecule has 1 aliphatic rings. The number of hydrogen-bond acceptors (Lipinski definition) is 4. The minimum absolute atomic E-state index is 0.0921. The normalized spacial score (nSPS) is 17.5. The van der Waals surface area contributed by atoms with Gasteiger partial charge in [-0.15, -0.1) is 0 Å². The van der Waals surface area contributed by atoms with Crippen molar-refractivity contribution in [3.63, 3.8) is 0 Å². The third-order valence-corrected chi connectivity index (χ3v) is 3.54. The van der Waals surface area contributed by atoms with Gasteiger partial charge in [-0.3, -0.25) is 0 Å². The molecule has 0 amide bonds. The molecule has 0 bridgehead atoms. The van der Waals surface area contributed by atoms with Crippen LogP contribution in [0.25, 0.3) is 0 Å². The molecule has 1 saturated heterocycles.